The number of rotatable bonds is 1. The second-order valence-corrected chi connectivity index (χ2v) is 4.86. The van der Waals surface area contributed by atoms with Gasteiger partial charge in [0.2, 0.25) is 0 Å². The molecule has 0 bridgehead atoms. The molecule has 0 radical (unpaired) electrons. The second kappa shape index (κ2) is 4.24. The van der Waals surface area contributed by atoms with Crippen molar-refractivity contribution in [1.82, 2.24) is 0 Å². The van der Waals surface area contributed by atoms with Crippen molar-refractivity contribution in [2.75, 3.05) is 0 Å². The molecule has 0 unspecified atom stereocenters. The Kier molecular flexibility index (Phi) is 3.10. The molecule has 1 aliphatic carbocycles. The zero-order valence-electron chi connectivity index (χ0n) is 8.41. The molecule has 0 fully saturated rings. The highest BCUT2D eigenvalue weighted by atomic mass is 35.5. The van der Waals surface area contributed by atoms with Crippen molar-refractivity contribution in [3.8, 4) is 0 Å². The van der Waals surface area contributed by atoms with Crippen LogP contribution >= 0.6 is 23.2 Å². The van der Waals surface area contributed by atoms with Crippen molar-refractivity contribution in [2.45, 2.75) is 18.9 Å². The fourth-order valence-corrected chi connectivity index (χ4v) is 2.45. The highest BCUT2D eigenvalue weighted by molar-refractivity contribution is 6.42. The number of fused-ring (bicyclic) bond motifs is 1. The van der Waals surface area contributed by atoms with Gasteiger partial charge in [-0.2, -0.15) is 0 Å². The van der Waals surface area contributed by atoms with Gasteiger partial charge in [0.1, 0.15) is 0 Å². The topological polar surface area (TPSA) is 63.3 Å². The number of carboxylic acids is 1. The van der Waals surface area contributed by atoms with E-state index in [0.717, 1.165) is 11.1 Å². The third-order valence-electron chi connectivity index (χ3n) is 2.94. The van der Waals surface area contributed by atoms with Gasteiger partial charge in [0.25, 0.3) is 0 Å². The van der Waals surface area contributed by atoms with E-state index in [1.165, 1.54) is 0 Å². The molecule has 0 amide bonds. The molecular weight excluding hydrogens is 249 g/mol. The van der Waals surface area contributed by atoms with E-state index in [-0.39, 0.29) is 6.04 Å². The van der Waals surface area contributed by atoms with Gasteiger partial charge in [0, 0.05) is 6.04 Å². The van der Waals surface area contributed by atoms with E-state index in [0.29, 0.717) is 22.9 Å². The van der Waals surface area contributed by atoms with Gasteiger partial charge in [-0.15, -0.1) is 0 Å². The van der Waals surface area contributed by atoms with Crippen LogP contribution in [0.5, 0.6) is 0 Å². The molecule has 0 spiro atoms. The number of carbonyl (C=O) groups is 1. The maximum Gasteiger partial charge on any atom is 0.306 e. The summed E-state index contributed by atoms with van der Waals surface area (Å²) in [6, 6.07) is 3.18. The van der Waals surface area contributed by atoms with Crippen LogP contribution in [0.1, 0.15) is 23.6 Å². The number of benzene rings is 1. The van der Waals surface area contributed by atoms with E-state index in [1.807, 2.05) is 0 Å². The smallest absolute Gasteiger partial charge is 0.306 e. The fraction of sp³-hybridized carbons (Fsp3) is 0.364. The molecule has 3 N–H and O–H groups in total. The van der Waals surface area contributed by atoms with Crippen molar-refractivity contribution in [3.63, 3.8) is 0 Å². The molecule has 0 aliphatic heterocycles. The first-order chi connectivity index (χ1) is 7.49. The van der Waals surface area contributed by atoms with Gasteiger partial charge >= 0.3 is 5.97 Å². The quantitative estimate of drug-likeness (QED) is 0.815. The minimum absolute atomic E-state index is 0.278. The van der Waals surface area contributed by atoms with E-state index >= 15 is 0 Å². The third kappa shape index (κ3) is 2.03. The monoisotopic (exact) mass is 259 g/mol. The van der Waals surface area contributed by atoms with Crippen LogP contribution < -0.4 is 5.73 Å². The summed E-state index contributed by atoms with van der Waals surface area (Å²) >= 11 is 11.8. The predicted octanol–water partition coefficient (Wildman–Crippen LogP) is 2.64. The second-order valence-electron chi connectivity index (χ2n) is 4.05. The van der Waals surface area contributed by atoms with Crippen molar-refractivity contribution < 1.29 is 9.90 Å². The molecule has 1 aromatic carbocycles. The van der Waals surface area contributed by atoms with Crippen LogP contribution in [0.4, 0.5) is 0 Å². The summed E-state index contributed by atoms with van der Waals surface area (Å²) in [5.74, 6) is -1.24. The molecule has 0 aromatic heterocycles. The van der Waals surface area contributed by atoms with Crippen molar-refractivity contribution in [1.29, 1.82) is 0 Å². The van der Waals surface area contributed by atoms with Crippen LogP contribution in [-0.4, -0.2) is 11.1 Å². The van der Waals surface area contributed by atoms with Crippen LogP contribution in [0.25, 0.3) is 0 Å². The molecular formula is C11H11Cl2NO2. The molecule has 86 valence electrons. The van der Waals surface area contributed by atoms with Gasteiger partial charge in [-0.25, -0.2) is 0 Å². The molecule has 16 heavy (non-hydrogen) atoms. The number of hydrogen-bond donors (Lipinski definition) is 2. The summed E-state index contributed by atoms with van der Waals surface area (Å²) in [4.78, 5) is 10.9. The molecule has 2 atom stereocenters. The molecule has 3 nitrogen and oxygen atoms in total. The van der Waals surface area contributed by atoms with Gasteiger partial charge in [-0.3, -0.25) is 4.79 Å². The first-order valence-corrected chi connectivity index (χ1v) is 5.71. The lowest BCUT2D eigenvalue weighted by molar-refractivity contribution is -0.142. The Labute approximate surface area is 103 Å². The van der Waals surface area contributed by atoms with Crippen LogP contribution in [0.3, 0.4) is 0 Å². The van der Waals surface area contributed by atoms with Gasteiger partial charge in [-0.1, -0.05) is 23.2 Å². The summed E-state index contributed by atoms with van der Waals surface area (Å²) in [6.45, 7) is 0. The van der Waals surface area contributed by atoms with Crippen molar-refractivity contribution >= 4 is 29.2 Å². The number of carboxylic acid groups (broad SMARTS) is 1. The normalized spacial score (nSPS) is 23.9. The largest absolute Gasteiger partial charge is 0.481 e. The lowest BCUT2D eigenvalue weighted by Crippen LogP contribution is -2.28. The number of nitrogens with two attached hydrogens (primary N) is 1. The maximum atomic E-state index is 10.9. The summed E-state index contributed by atoms with van der Waals surface area (Å²) in [5, 5.41) is 9.90. The number of halogens is 2. The van der Waals surface area contributed by atoms with Gasteiger partial charge in [0.05, 0.1) is 16.0 Å². The highest BCUT2D eigenvalue weighted by Gasteiger charge is 2.29. The Bertz CT molecular complexity index is 448. The van der Waals surface area contributed by atoms with E-state index in [2.05, 4.69) is 0 Å². The summed E-state index contributed by atoms with van der Waals surface area (Å²) < 4.78 is 0. The standard InChI is InChI=1S/C11H11Cl2NO2/c12-8-2-5-1-6(11(15)16)3-10(14)7(5)4-9(8)13/h2,4,6,10H,1,3,14H2,(H,15,16)/t6-,10+/m1/s1. The summed E-state index contributed by atoms with van der Waals surface area (Å²) in [5.41, 5.74) is 7.73. The highest BCUT2D eigenvalue weighted by Crippen LogP contribution is 2.36. The Balaban J connectivity index is 2.42. The van der Waals surface area contributed by atoms with Crippen LogP contribution in [0, 0.1) is 5.92 Å². The molecule has 0 saturated heterocycles. The first kappa shape index (κ1) is 11.7. The summed E-state index contributed by atoms with van der Waals surface area (Å²) in [6.07, 6.45) is 0.912. The Hall–Kier alpha value is -0.770. The Morgan fingerprint density at radius 3 is 2.62 bits per heavy atom. The maximum absolute atomic E-state index is 10.9. The van der Waals surface area contributed by atoms with Crippen molar-refractivity contribution in [2.24, 2.45) is 11.7 Å². The average Bonchev–Trinajstić information content (AvgIpc) is 2.20. The van der Waals surface area contributed by atoms with Crippen LogP contribution in [-0.2, 0) is 11.2 Å². The summed E-state index contributed by atoms with van der Waals surface area (Å²) in [7, 11) is 0. The third-order valence-corrected chi connectivity index (χ3v) is 3.66. The van der Waals surface area contributed by atoms with E-state index < -0.39 is 11.9 Å². The number of hydrogen-bond acceptors (Lipinski definition) is 2. The zero-order valence-corrected chi connectivity index (χ0v) is 9.92. The lowest BCUT2D eigenvalue weighted by Gasteiger charge is -2.27. The predicted molar refractivity (Wildman–Crippen MR) is 62.8 cm³/mol. The lowest BCUT2D eigenvalue weighted by atomic mass is 9.81. The Morgan fingerprint density at radius 2 is 2.00 bits per heavy atom. The number of aliphatic carboxylic acids is 1. The first-order valence-electron chi connectivity index (χ1n) is 4.95. The van der Waals surface area contributed by atoms with Crippen LogP contribution in [0.2, 0.25) is 10.0 Å². The average molecular weight is 260 g/mol. The minimum atomic E-state index is -0.813. The van der Waals surface area contributed by atoms with Gasteiger partial charge in [0.15, 0.2) is 0 Å². The Morgan fingerprint density at radius 1 is 1.38 bits per heavy atom. The minimum Gasteiger partial charge on any atom is -0.481 e. The van der Waals surface area contributed by atoms with Gasteiger partial charge in [-0.05, 0) is 36.1 Å². The zero-order chi connectivity index (χ0) is 11.9. The van der Waals surface area contributed by atoms with E-state index in [4.69, 9.17) is 34.0 Å². The van der Waals surface area contributed by atoms with E-state index in [1.54, 1.807) is 12.1 Å². The molecule has 2 rings (SSSR count). The van der Waals surface area contributed by atoms with Crippen LogP contribution in [0.15, 0.2) is 12.1 Å². The molecule has 1 aliphatic rings. The SMILES string of the molecule is N[C@H]1C[C@H](C(=O)O)Cc2cc(Cl)c(Cl)cc21. The van der Waals surface area contributed by atoms with Gasteiger partial charge < -0.3 is 10.8 Å². The fourth-order valence-electron chi connectivity index (χ4n) is 2.10. The van der Waals surface area contributed by atoms with E-state index in [9.17, 15) is 4.79 Å². The molecule has 0 saturated carbocycles. The molecule has 5 heteroatoms. The molecule has 0 heterocycles. The molecule has 1 aromatic rings. The van der Waals surface area contributed by atoms with Crippen molar-refractivity contribution in [3.05, 3.63) is 33.3 Å².